The first-order valence-electron chi connectivity index (χ1n) is 10.1. The molecule has 7 nitrogen and oxygen atoms in total. The zero-order valence-corrected chi connectivity index (χ0v) is 18.2. The summed E-state index contributed by atoms with van der Waals surface area (Å²) in [6.07, 6.45) is 4.69. The molecule has 158 valence electrons. The highest BCUT2D eigenvalue weighted by Gasteiger charge is 2.38. The summed E-state index contributed by atoms with van der Waals surface area (Å²) in [7, 11) is 0. The van der Waals surface area contributed by atoms with Gasteiger partial charge in [0.1, 0.15) is 12.4 Å². The van der Waals surface area contributed by atoms with Crippen LogP contribution >= 0.6 is 15.9 Å². The topological polar surface area (TPSA) is 72.0 Å². The maximum atomic E-state index is 12.6. The lowest BCUT2D eigenvalue weighted by Crippen LogP contribution is -2.47. The van der Waals surface area contributed by atoms with Crippen LogP contribution in [-0.4, -0.2) is 65.2 Å². The summed E-state index contributed by atoms with van der Waals surface area (Å²) < 4.78 is 12.1. The summed E-state index contributed by atoms with van der Waals surface area (Å²) in [5.41, 5.74) is 0.890. The molecule has 1 atom stereocenters. The van der Waals surface area contributed by atoms with Crippen LogP contribution in [-0.2, 0) is 16.0 Å². The number of amides is 2. The molecule has 2 aliphatic rings. The Bertz CT molecular complexity index is 887. The van der Waals surface area contributed by atoms with E-state index in [2.05, 4.69) is 20.9 Å². The first-order chi connectivity index (χ1) is 14.6. The van der Waals surface area contributed by atoms with Gasteiger partial charge in [-0.05, 0) is 52.5 Å². The van der Waals surface area contributed by atoms with Gasteiger partial charge in [-0.15, -0.1) is 0 Å². The number of halogens is 1. The number of carbonyl (C=O) groups excluding carboxylic acids is 2. The van der Waals surface area contributed by atoms with Crippen LogP contribution in [0, 0.1) is 0 Å². The monoisotopic (exact) mass is 473 g/mol. The minimum absolute atomic E-state index is 0.0893. The molecular weight excluding hydrogens is 450 g/mol. The summed E-state index contributed by atoms with van der Waals surface area (Å²) in [4.78, 5) is 32.7. The number of carbonyl (C=O) groups is 2. The average molecular weight is 474 g/mol. The third-order valence-corrected chi connectivity index (χ3v) is 5.89. The molecule has 0 aliphatic carbocycles. The molecule has 0 saturated carbocycles. The van der Waals surface area contributed by atoms with E-state index in [1.54, 1.807) is 17.3 Å². The zero-order chi connectivity index (χ0) is 20.9. The molecule has 30 heavy (non-hydrogen) atoms. The molecule has 2 fully saturated rings. The number of likely N-dealkylation sites (tertiary alicyclic amines) is 1. The molecule has 0 bridgehead atoms. The third kappa shape index (κ3) is 5.11. The Balaban J connectivity index is 1.24. The van der Waals surface area contributed by atoms with Crippen molar-refractivity contribution >= 4 is 27.9 Å². The number of pyridine rings is 1. The maximum Gasteiger partial charge on any atom is 0.410 e. The summed E-state index contributed by atoms with van der Waals surface area (Å²) in [6.45, 7) is 2.14. The highest BCUT2D eigenvalue weighted by Crippen LogP contribution is 2.24. The Hall–Kier alpha value is -2.61. The normalized spacial score (nSPS) is 19.6. The van der Waals surface area contributed by atoms with Crippen LogP contribution in [0.15, 0.2) is 53.3 Å². The van der Waals surface area contributed by atoms with Gasteiger partial charge in [0.05, 0.1) is 13.0 Å². The summed E-state index contributed by atoms with van der Waals surface area (Å²) in [6, 6.07) is 11.5. The van der Waals surface area contributed by atoms with E-state index < -0.39 is 0 Å². The number of cyclic esters (lactones) is 1. The van der Waals surface area contributed by atoms with Crippen molar-refractivity contribution in [3.05, 3.63) is 58.8 Å². The third-order valence-electron chi connectivity index (χ3n) is 5.46. The lowest BCUT2D eigenvalue weighted by molar-refractivity contribution is -0.131. The minimum atomic E-state index is -0.290. The van der Waals surface area contributed by atoms with Crippen molar-refractivity contribution in [2.45, 2.75) is 31.4 Å². The van der Waals surface area contributed by atoms with Gasteiger partial charge in [-0.1, -0.05) is 18.2 Å². The van der Waals surface area contributed by atoms with Crippen molar-refractivity contribution < 1.29 is 19.1 Å². The molecule has 1 unspecified atom stereocenters. The van der Waals surface area contributed by atoms with Crippen molar-refractivity contribution in [2.24, 2.45) is 0 Å². The van der Waals surface area contributed by atoms with Crippen molar-refractivity contribution in [1.82, 2.24) is 14.8 Å². The Morgan fingerprint density at radius 3 is 2.70 bits per heavy atom. The minimum Gasteiger partial charge on any atom is -0.490 e. The Kier molecular flexibility index (Phi) is 6.52. The van der Waals surface area contributed by atoms with E-state index in [-0.39, 0.29) is 24.1 Å². The molecule has 0 spiro atoms. The Morgan fingerprint density at radius 1 is 1.20 bits per heavy atom. The molecule has 1 aromatic carbocycles. The number of rotatable bonds is 6. The van der Waals surface area contributed by atoms with Gasteiger partial charge in [-0.3, -0.25) is 9.78 Å². The second-order valence-electron chi connectivity index (χ2n) is 7.58. The van der Waals surface area contributed by atoms with Gasteiger partial charge >= 0.3 is 6.09 Å². The van der Waals surface area contributed by atoms with Gasteiger partial charge in [0.15, 0.2) is 6.10 Å². The maximum absolute atomic E-state index is 12.6. The first-order valence-corrected chi connectivity index (χ1v) is 10.9. The number of ether oxygens (including phenoxy) is 2. The molecule has 4 rings (SSSR count). The molecular formula is C22H24BrN3O4. The van der Waals surface area contributed by atoms with Gasteiger partial charge in [0.2, 0.25) is 5.91 Å². The Labute approximate surface area is 184 Å². The molecule has 1 aromatic heterocycles. The molecule has 2 aliphatic heterocycles. The van der Waals surface area contributed by atoms with Crippen molar-refractivity contribution in [2.75, 3.05) is 26.2 Å². The number of benzene rings is 1. The van der Waals surface area contributed by atoms with Crippen LogP contribution < -0.4 is 4.74 Å². The van der Waals surface area contributed by atoms with Gasteiger partial charge in [0.25, 0.3) is 0 Å². The van der Waals surface area contributed by atoms with E-state index in [1.807, 2.05) is 41.3 Å². The van der Waals surface area contributed by atoms with Gasteiger partial charge in [-0.2, -0.15) is 0 Å². The van der Waals surface area contributed by atoms with Crippen LogP contribution in [0.5, 0.6) is 5.75 Å². The zero-order valence-electron chi connectivity index (χ0n) is 16.6. The molecule has 2 saturated heterocycles. The lowest BCUT2D eigenvalue weighted by atomic mass is 10.0. The lowest BCUT2D eigenvalue weighted by Gasteiger charge is -2.35. The fourth-order valence-corrected chi connectivity index (χ4v) is 4.31. The average Bonchev–Trinajstić information content (AvgIpc) is 3.13. The molecule has 0 N–H and O–H groups in total. The largest absolute Gasteiger partial charge is 0.490 e. The fraction of sp³-hybridized carbons (Fsp3) is 0.409. The number of hydrogen-bond acceptors (Lipinski definition) is 5. The number of piperidine rings is 1. The van der Waals surface area contributed by atoms with Crippen molar-refractivity contribution in [3.63, 3.8) is 0 Å². The highest BCUT2D eigenvalue weighted by atomic mass is 79.9. The second-order valence-corrected chi connectivity index (χ2v) is 8.50. The van der Waals surface area contributed by atoms with E-state index >= 15 is 0 Å². The van der Waals surface area contributed by atoms with Gasteiger partial charge in [-0.25, -0.2) is 4.79 Å². The number of para-hydroxylation sites is 1. The molecule has 8 heteroatoms. The molecule has 2 amide bonds. The highest BCUT2D eigenvalue weighted by molar-refractivity contribution is 9.10. The number of hydrogen-bond donors (Lipinski definition) is 0. The van der Waals surface area contributed by atoms with E-state index in [0.29, 0.717) is 32.7 Å². The van der Waals surface area contributed by atoms with Crippen LogP contribution in [0.2, 0.25) is 0 Å². The second kappa shape index (κ2) is 9.47. The van der Waals surface area contributed by atoms with Gasteiger partial charge in [0, 0.05) is 36.0 Å². The summed E-state index contributed by atoms with van der Waals surface area (Å²) in [5.74, 6) is 0.853. The number of aromatic nitrogens is 1. The van der Waals surface area contributed by atoms with Crippen LogP contribution in [0.3, 0.4) is 0 Å². The standard InChI is InChI=1S/C22H24BrN3O4/c23-17-10-16(12-24-13-17)11-21(27)25-8-6-18(7-9-25)26-14-20(30-22(26)28)15-29-19-4-2-1-3-5-19/h1-5,10,12-13,18,20H,6-9,11,14-15H2. The molecule has 0 radical (unpaired) electrons. The van der Waals surface area contributed by atoms with E-state index in [4.69, 9.17) is 9.47 Å². The predicted molar refractivity (Wildman–Crippen MR) is 114 cm³/mol. The van der Waals surface area contributed by atoms with Crippen LogP contribution in [0.25, 0.3) is 0 Å². The fourth-order valence-electron chi connectivity index (χ4n) is 3.90. The quantitative estimate of drug-likeness (QED) is 0.643. The molecule has 2 aromatic rings. The van der Waals surface area contributed by atoms with Gasteiger partial charge < -0.3 is 19.3 Å². The predicted octanol–water partition coefficient (Wildman–Crippen LogP) is 3.28. The summed E-state index contributed by atoms with van der Waals surface area (Å²) in [5, 5.41) is 0. The van der Waals surface area contributed by atoms with Crippen molar-refractivity contribution in [1.29, 1.82) is 0 Å². The SMILES string of the molecule is O=C(Cc1cncc(Br)c1)N1CCC(N2CC(COc3ccccc3)OC2=O)CC1. The first kappa shape index (κ1) is 20.7. The molecule has 3 heterocycles. The Morgan fingerprint density at radius 2 is 1.97 bits per heavy atom. The van der Waals surface area contributed by atoms with Crippen LogP contribution in [0.1, 0.15) is 18.4 Å². The van der Waals surface area contributed by atoms with E-state index in [0.717, 1.165) is 28.6 Å². The smallest absolute Gasteiger partial charge is 0.410 e. The van der Waals surface area contributed by atoms with Crippen molar-refractivity contribution in [3.8, 4) is 5.75 Å². The van der Waals surface area contributed by atoms with E-state index in [1.165, 1.54) is 0 Å². The summed E-state index contributed by atoms with van der Waals surface area (Å²) >= 11 is 3.38. The van der Waals surface area contributed by atoms with E-state index in [9.17, 15) is 9.59 Å². The van der Waals surface area contributed by atoms with Crippen LogP contribution in [0.4, 0.5) is 4.79 Å². The number of nitrogens with zero attached hydrogens (tertiary/aromatic N) is 3.